The molecule has 0 saturated carbocycles. The molecule has 0 aliphatic carbocycles. The molecule has 0 spiro atoms. The number of amides is 1. The number of nitrogens with zero attached hydrogens (tertiary/aromatic N) is 5. The highest BCUT2D eigenvalue weighted by molar-refractivity contribution is 5.96. The summed E-state index contributed by atoms with van der Waals surface area (Å²) in [5.41, 5.74) is 2.30. The summed E-state index contributed by atoms with van der Waals surface area (Å²) in [6, 6.07) is 13.1. The van der Waals surface area contributed by atoms with Gasteiger partial charge in [-0.3, -0.25) is 15.0 Å². The van der Waals surface area contributed by atoms with Gasteiger partial charge in [0, 0.05) is 87.8 Å². The lowest BCUT2D eigenvalue weighted by molar-refractivity contribution is -0.129. The molecule has 0 radical (unpaired) electrons. The van der Waals surface area contributed by atoms with Crippen LogP contribution in [0.15, 0.2) is 60.4 Å². The van der Waals surface area contributed by atoms with E-state index in [1.54, 1.807) is 13.2 Å². The first-order valence-electron chi connectivity index (χ1n) is 16.7. The van der Waals surface area contributed by atoms with Crippen LogP contribution in [-0.4, -0.2) is 132 Å². The summed E-state index contributed by atoms with van der Waals surface area (Å²) in [5.74, 6) is 1.16. The molecule has 0 aromatic heterocycles. The third-order valence-electron chi connectivity index (χ3n) is 9.72. The zero-order valence-electron chi connectivity index (χ0n) is 27.9. The van der Waals surface area contributed by atoms with E-state index in [-0.39, 0.29) is 31.1 Å². The second-order valence-corrected chi connectivity index (χ2v) is 13.2. The molecule has 11 heteroatoms. The monoisotopic (exact) mass is 633 g/mol. The maximum Gasteiger partial charge on any atom is 0.246 e. The van der Waals surface area contributed by atoms with Crippen LogP contribution in [0.1, 0.15) is 19.3 Å². The van der Waals surface area contributed by atoms with Crippen molar-refractivity contribution in [1.29, 1.82) is 0 Å². The predicted octanol–water partition coefficient (Wildman–Crippen LogP) is 2.67. The second-order valence-electron chi connectivity index (χ2n) is 13.2. The number of likely N-dealkylation sites (tertiary alicyclic amines) is 1. The Bertz CT molecular complexity index is 1390. The summed E-state index contributed by atoms with van der Waals surface area (Å²) in [6.45, 7) is 6.71. The van der Waals surface area contributed by atoms with Crippen molar-refractivity contribution in [2.45, 2.75) is 37.8 Å². The minimum absolute atomic E-state index is 0.0968. The first-order valence-corrected chi connectivity index (χ1v) is 16.7. The molecule has 0 bridgehead atoms. The van der Waals surface area contributed by atoms with E-state index in [9.17, 15) is 4.79 Å². The Hall–Kier alpha value is -3.19. The smallest absolute Gasteiger partial charge is 0.246 e. The number of hydrogen-bond donors (Lipinski definition) is 2. The van der Waals surface area contributed by atoms with Gasteiger partial charge in [0.2, 0.25) is 5.91 Å². The molecule has 3 fully saturated rings. The Balaban J connectivity index is 1.22. The van der Waals surface area contributed by atoms with Gasteiger partial charge in [-0.15, -0.1) is 0 Å². The highest BCUT2D eigenvalue weighted by atomic mass is 16.7. The number of carbonyl (C=O) groups excluding carboxylic acids is 1. The lowest BCUT2D eigenvalue weighted by Gasteiger charge is -2.49. The van der Waals surface area contributed by atoms with Crippen LogP contribution >= 0.6 is 0 Å². The second kappa shape index (κ2) is 15.1. The van der Waals surface area contributed by atoms with E-state index in [0.29, 0.717) is 25.7 Å². The molecule has 4 atom stereocenters. The van der Waals surface area contributed by atoms with Crippen molar-refractivity contribution >= 4 is 22.4 Å². The Labute approximate surface area is 273 Å². The first kappa shape index (κ1) is 32.7. The van der Waals surface area contributed by atoms with Gasteiger partial charge >= 0.3 is 0 Å². The van der Waals surface area contributed by atoms with Gasteiger partial charge in [0.05, 0.1) is 18.5 Å². The standard InChI is InChI=1S/C35H51N7O4/c1-38(2)14-8-12-33(43)40-17-19-41(20-18-40)34-30-13-16-42(23-31(30)36-35(37-34)45-24-27-10-7-15-39(27)3)32-22-28(46-25-44-4)21-26-9-5-6-11-29(26)32/h5-6,8-9,11-12,21-23,27,30,34-37H,7,10,13-20,24-25H2,1-4H3/b12-8+. The van der Waals surface area contributed by atoms with Gasteiger partial charge in [-0.25, -0.2) is 0 Å². The number of nitrogens with one attached hydrogen (secondary N) is 2. The fraction of sp³-hybridized carbons (Fsp3) is 0.571. The van der Waals surface area contributed by atoms with Crippen molar-refractivity contribution < 1.29 is 19.0 Å². The average Bonchev–Trinajstić information content (AvgIpc) is 3.49. The minimum atomic E-state index is -0.303. The van der Waals surface area contributed by atoms with Gasteiger partial charge < -0.3 is 39.1 Å². The lowest BCUT2D eigenvalue weighted by atomic mass is 9.91. The van der Waals surface area contributed by atoms with Crippen molar-refractivity contribution in [3.8, 4) is 5.75 Å². The zero-order chi connectivity index (χ0) is 32.0. The van der Waals surface area contributed by atoms with E-state index in [0.717, 1.165) is 56.0 Å². The maximum absolute atomic E-state index is 12.8. The van der Waals surface area contributed by atoms with Gasteiger partial charge in [-0.05, 0) is 58.4 Å². The van der Waals surface area contributed by atoms with Crippen molar-refractivity contribution in [3.63, 3.8) is 0 Å². The number of ether oxygens (including phenoxy) is 3. The molecule has 4 aliphatic rings. The van der Waals surface area contributed by atoms with Crippen LogP contribution in [0.25, 0.3) is 10.8 Å². The fourth-order valence-electron chi connectivity index (χ4n) is 7.14. The van der Waals surface area contributed by atoms with Gasteiger partial charge in [0.1, 0.15) is 5.75 Å². The summed E-state index contributed by atoms with van der Waals surface area (Å²) in [4.78, 5) is 24.1. The van der Waals surface area contributed by atoms with E-state index in [1.807, 2.05) is 25.1 Å². The van der Waals surface area contributed by atoms with Crippen LogP contribution in [0, 0.1) is 5.92 Å². The molecule has 2 N–H and O–H groups in total. The van der Waals surface area contributed by atoms with Crippen molar-refractivity contribution in [2.24, 2.45) is 5.92 Å². The number of carbonyl (C=O) groups is 1. The molecule has 3 saturated heterocycles. The molecule has 250 valence electrons. The van der Waals surface area contributed by atoms with E-state index in [2.05, 4.69) is 79.9 Å². The molecule has 4 unspecified atom stereocenters. The third-order valence-corrected chi connectivity index (χ3v) is 9.72. The molecule has 2 aromatic carbocycles. The molecule has 4 heterocycles. The Morgan fingerprint density at radius 2 is 1.89 bits per heavy atom. The lowest BCUT2D eigenvalue weighted by Crippen LogP contribution is -2.67. The summed E-state index contributed by atoms with van der Waals surface area (Å²) >= 11 is 0. The minimum Gasteiger partial charge on any atom is -0.467 e. The van der Waals surface area contributed by atoms with E-state index in [1.165, 1.54) is 23.9 Å². The molecule has 11 nitrogen and oxygen atoms in total. The highest BCUT2D eigenvalue weighted by Crippen LogP contribution is 2.37. The molecule has 4 aliphatic heterocycles. The predicted molar refractivity (Wildman–Crippen MR) is 181 cm³/mol. The summed E-state index contributed by atoms with van der Waals surface area (Å²) in [5, 5.41) is 9.88. The zero-order valence-corrected chi connectivity index (χ0v) is 27.9. The summed E-state index contributed by atoms with van der Waals surface area (Å²) < 4.78 is 17.6. The van der Waals surface area contributed by atoms with Gasteiger partial charge in [-0.2, -0.15) is 0 Å². The summed E-state index contributed by atoms with van der Waals surface area (Å²) in [6.07, 6.45) is 9.10. The Morgan fingerprint density at radius 1 is 1.07 bits per heavy atom. The number of benzene rings is 2. The fourth-order valence-corrected chi connectivity index (χ4v) is 7.14. The molecular weight excluding hydrogens is 582 g/mol. The van der Waals surface area contributed by atoms with Crippen LogP contribution in [0.2, 0.25) is 0 Å². The topological polar surface area (TPSA) is 85.0 Å². The van der Waals surface area contributed by atoms with Gasteiger partial charge in [0.15, 0.2) is 13.1 Å². The number of rotatable bonds is 11. The van der Waals surface area contributed by atoms with Crippen molar-refractivity contribution in [1.82, 2.24) is 30.2 Å². The molecular formula is C35H51N7O4. The highest BCUT2D eigenvalue weighted by Gasteiger charge is 2.41. The van der Waals surface area contributed by atoms with Crippen molar-refractivity contribution in [3.05, 3.63) is 60.4 Å². The molecule has 2 aromatic rings. The van der Waals surface area contributed by atoms with Gasteiger partial charge in [-0.1, -0.05) is 30.3 Å². The van der Waals surface area contributed by atoms with Crippen LogP contribution in [0.5, 0.6) is 5.75 Å². The van der Waals surface area contributed by atoms with Crippen LogP contribution in [0.3, 0.4) is 0 Å². The average molecular weight is 634 g/mol. The SMILES string of the molecule is COCOc1cc(N2C=C3NC(OCC4CCCN4C)NC(N4CCN(C(=O)/C=C/CN(C)C)CC4)C3CC2)c2ccccc2c1. The largest absolute Gasteiger partial charge is 0.467 e. The normalized spacial score (nSPS) is 26.1. The molecule has 46 heavy (non-hydrogen) atoms. The van der Waals surface area contributed by atoms with Gasteiger partial charge in [0.25, 0.3) is 0 Å². The number of piperazine rings is 1. The number of fused-ring (bicyclic) bond motifs is 2. The number of likely N-dealkylation sites (N-methyl/N-ethyl adjacent to an activating group) is 2. The number of methoxy groups -OCH3 is 1. The van der Waals surface area contributed by atoms with Crippen LogP contribution in [0.4, 0.5) is 5.69 Å². The van der Waals surface area contributed by atoms with Crippen molar-refractivity contribution in [2.75, 3.05) is 92.4 Å². The molecule has 1 amide bonds. The first-order chi connectivity index (χ1) is 22.4. The van der Waals surface area contributed by atoms with E-state index < -0.39 is 0 Å². The number of anilines is 1. The summed E-state index contributed by atoms with van der Waals surface area (Å²) in [7, 11) is 7.84. The van der Waals surface area contributed by atoms with E-state index >= 15 is 0 Å². The Morgan fingerprint density at radius 3 is 2.65 bits per heavy atom. The maximum atomic E-state index is 12.8. The molecule has 6 rings (SSSR count). The Kier molecular flexibility index (Phi) is 10.8. The van der Waals surface area contributed by atoms with Crippen LogP contribution < -0.4 is 20.3 Å². The third kappa shape index (κ3) is 7.67. The van der Waals surface area contributed by atoms with E-state index in [4.69, 9.17) is 14.2 Å². The quantitative estimate of drug-likeness (QED) is 0.285. The number of hydrogen-bond acceptors (Lipinski definition) is 10. The van der Waals surface area contributed by atoms with Crippen LogP contribution in [-0.2, 0) is 14.3 Å².